The zero-order valence-electron chi connectivity index (χ0n) is 23.2. The van der Waals surface area contributed by atoms with Crippen molar-refractivity contribution in [1.82, 2.24) is 9.55 Å². The Balaban J connectivity index is 1.66. The van der Waals surface area contributed by atoms with Gasteiger partial charge in [-0.2, -0.15) is 13.8 Å². The molecule has 0 unspecified atom stereocenters. The third-order valence-corrected chi connectivity index (χ3v) is 7.29. The average molecular weight is 580 g/mol. The van der Waals surface area contributed by atoms with Crippen molar-refractivity contribution in [3.63, 3.8) is 0 Å². The van der Waals surface area contributed by atoms with Crippen LogP contribution in [-0.2, 0) is 11.2 Å². The van der Waals surface area contributed by atoms with Crippen molar-refractivity contribution < 1.29 is 38.4 Å². The molecule has 1 fully saturated rings. The molecule has 0 saturated carbocycles. The molecule has 0 bridgehead atoms. The fourth-order valence-corrected chi connectivity index (χ4v) is 5.02. The normalized spacial score (nSPS) is 19.8. The van der Waals surface area contributed by atoms with E-state index >= 15 is 0 Å². The zero-order chi connectivity index (χ0) is 30.0. The summed E-state index contributed by atoms with van der Waals surface area (Å²) in [6.07, 6.45) is 6.59. The Bertz CT molecular complexity index is 1240. The number of carbonyl (C=O) groups excluding carboxylic acids is 1. The van der Waals surface area contributed by atoms with E-state index in [2.05, 4.69) is 17.2 Å². The number of carboxylic acids is 1. The minimum Gasteiger partial charge on any atom is -0.478 e. The number of hydrogen-bond acceptors (Lipinski definition) is 7. The fourth-order valence-electron chi connectivity index (χ4n) is 5.02. The van der Waals surface area contributed by atoms with E-state index in [1.54, 1.807) is 12.1 Å². The molecule has 10 nitrogen and oxygen atoms in total. The van der Waals surface area contributed by atoms with Crippen LogP contribution in [0.3, 0.4) is 0 Å². The second kappa shape index (κ2) is 15.1. The highest BCUT2D eigenvalue weighted by Crippen LogP contribution is 2.42. The summed E-state index contributed by atoms with van der Waals surface area (Å²) in [6.45, 7) is 1.31. The zero-order valence-corrected chi connectivity index (χ0v) is 23.2. The van der Waals surface area contributed by atoms with Gasteiger partial charge in [0.15, 0.2) is 6.10 Å². The number of aliphatic hydroxyl groups excluding tert-OH is 2. The summed E-state index contributed by atoms with van der Waals surface area (Å²) in [5.74, 6) is -6.25. The van der Waals surface area contributed by atoms with Gasteiger partial charge in [0.05, 0.1) is 17.7 Å². The van der Waals surface area contributed by atoms with Crippen LogP contribution in [0.25, 0.3) is 0 Å². The number of amides is 1. The van der Waals surface area contributed by atoms with Crippen molar-refractivity contribution in [3.8, 4) is 0 Å². The monoisotopic (exact) mass is 579 g/mol. The molecule has 12 heteroatoms. The highest BCUT2D eigenvalue weighted by atomic mass is 19.3. The number of halogens is 2. The maximum absolute atomic E-state index is 14.4. The number of aromatic nitrogens is 2. The molecular weight excluding hydrogens is 540 g/mol. The van der Waals surface area contributed by atoms with Crippen molar-refractivity contribution in [2.24, 2.45) is 0 Å². The molecule has 226 valence electrons. The highest BCUT2D eigenvalue weighted by molar-refractivity contribution is 6.11. The van der Waals surface area contributed by atoms with E-state index in [0.29, 0.717) is 16.6 Å². The van der Waals surface area contributed by atoms with Crippen LogP contribution < -0.4 is 11.0 Å². The van der Waals surface area contributed by atoms with Crippen LogP contribution in [0.1, 0.15) is 104 Å². The Morgan fingerprint density at radius 3 is 2.24 bits per heavy atom. The maximum atomic E-state index is 14.4. The van der Waals surface area contributed by atoms with Gasteiger partial charge in [0.2, 0.25) is 6.23 Å². The number of aromatic carboxylic acids is 1. The largest absolute Gasteiger partial charge is 0.478 e. The molecule has 2 heterocycles. The van der Waals surface area contributed by atoms with Gasteiger partial charge in [0.1, 0.15) is 11.9 Å². The van der Waals surface area contributed by atoms with Gasteiger partial charge in [0.25, 0.3) is 5.91 Å². The number of aryl methyl sites for hydroxylation is 1. The van der Waals surface area contributed by atoms with Gasteiger partial charge < -0.3 is 25.4 Å². The van der Waals surface area contributed by atoms with Crippen LogP contribution in [0.4, 0.5) is 14.6 Å². The number of aliphatic hydroxyl groups is 2. The number of carboxylic acid groups (broad SMARTS) is 1. The lowest BCUT2D eigenvalue weighted by molar-refractivity contribution is -0.140. The number of nitrogens with zero attached hydrogens (tertiary/aromatic N) is 2. The van der Waals surface area contributed by atoms with Gasteiger partial charge in [-0.25, -0.2) is 9.59 Å². The first-order chi connectivity index (χ1) is 19.6. The third kappa shape index (κ3) is 8.17. The topological polar surface area (TPSA) is 151 Å². The van der Waals surface area contributed by atoms with E-state index in [1.807, 2.05) is 0 Å². The van der Waals surface area contributed by atoms with Crippen molar-refractivity contribution in [3.05, 3.63) is 57.6 Å². The smallest absolute Gasteiger partial charge is 0.351 e. The van der Waals surface area contributed by atoms with Crippen LogP contribution in [0.15, 0.2) is 35.3 Å². The molecule has 1 amide bonds. The molecule has 3 rings (SSSR count). The molecule has 0 radical (unpaired) electrons. The molecule has 3 atom stereocenters. The lowest BCUT2D eigenvalue weighted by Crippen LogP contribution is -2.41. The lowest BCUT2D eigenvalue weighted by atomic mass is 9.95. The molecule has 1 aromatic heterocycles. The Labute approximate surface area is 237 Å². The molecule has 4 N–H and O–H groups in total. The summed E-state index contributed by atoms with van der Waals surface area (Å²) < 4.78 is 34.3. The average Bonchev–Trinajstić information content (AvgIpc) is 3.17. The molecule has 1 aliphatic heterocycles. The third-order valence-electron chi connectivity index (χ3n) is 7.29. The molecule has 2 aromatic rings. The number of hydrogen-bond donors (Lipinski definition) is 4. The fraction of sp³-hybridized carbons (Fsp3) is 0.586. The maximum Gasteiger partial charge on any atom is 0.351 e. The van der Waals surface area contributed by atoms with Crippen molar-refractivity contribution >= 4 is 17.7 Å². The number of benzene rings is 1. The number of ether oxygens (including phenoxy) is 1. The summed E-state index contributed by atoms with van der Waals surface area (Å²) in [5.41, 5.74) is -0.918. The number of carbonyl (C=O) groups is 2. The molecule has 0 aliphatic carbocycles. The van der Waals surface area contributed by atoms with E-state index in [4.69, 9.17) is 9.84 Å². The van der Waals surface area contributed by atoms with E-state index < -0.39 is 48.5 Å². The highest BCUT2D eigenvalue weighted by Gasteiger charge is 2.59. The molecule has 1 aromatic carbocycles. The van der Waals surface area contributed by atoms with Crippen molar-refractivity contribution in [2.75, 3.05) is 11.9 Å². The summed E-state index contributed by atoms with van der Waals surface area (Å²) in [7, 11) is 0. The van der Waals surface area contributed by atoms with E-state index in [9.17, 15) is 33.4 Å². The minimum absolute atomic E-state index is 0.0542. The number of rotatable bonds is 16. The quantitative estimate of drug-likeness (QED) is 0.212. The number of anilines is 1. The van der Waals surface area contributed by atoms with Gasteiger partial charge in [-0.05, 0) is 30.5 Å². The van der Waals surface area contributed by atoms with Gasteiger partial charge >= 0.3 is 17.6 Å². The van der Waals surface area contributed by atoms with Crippen LogP contribution >= 0.6 is 0 Å². The number of alkyl halides is 2. The number of nitrogens with one attached hydrogen (secondary N) is 1. The molecule has 1 saturated heterocycles. The lowest BCUT2D eigenvalue weighted by Gasteiger charge is -2.21. The molecule has 1 aliphatic rings. The van der Waals surface area contributed by atoms with Crippen LogP contribution in [0, 0.1) is 0 Å². The Morgan fingerprint density at radius 1 is 1.05 bits per heavy atom. The van der Waals surface area contributed by atoms with Gasteiger partial charge in [-0.15, -0.1) is 0 Å². The minimum atomic E-state index is -3.88. The Hall–Kier alpha value is -3.22. The molecule has 41 heavy (non-hydrogen) atoms. The van der Waals surface area contributed by atoms with Crippen molar-refractivity contribution in [2.45, 2.75) is 102 Å². The van der Waals surface area contributed by atoms with Gasteiger partial charge in [0, 0.05) is 6.20 Å². The Kier molecular flexibility index (Phi) is 11.9. The van der Waals surface area contributed by atoms with E-state index in [0.717, 1.165) is 37.9 Å². The summed E-state index contributed by atoms with van der Waals surface area (Å²) in [5, 5.41) is 31.0. The number of unbranched alkanes of at least 4 members (excludes halogenated alkanes) is 9. The first-order valence-corrected chi connectivity index (χ1v) is 14.2. The second-order valence-electron chi connectivity index (χ2n) is 10.4. The SMILES string of the molecule is CCCCCCCCCCCCc1cccc(C(=O)O)c1C(=O)Nc1ccn([C@@H]2O[C@H](CO)[C@@H](O)C2(F)F)c(=O)n1. The van der Waals surface area contributed by atoms with E-state index in [-0.39, 0.29) is 16.9 Å². The summed E-state index contributed by atoms with van der Waals surface area (Å²) in [6, 6.07) is 5.65. The predicted molar refractivity (Wildman–Crippen MR) is 147 cm³/mol. The van der Waals surface area contributed by atoms with Gasteiger partial charge in [-0.1, -0.05) is 76.8 Å². The van der Waals surface area contributed by atoms with Crippen LogP contribution in [0.2, 0.25) is 0 Å². The first kappa shape index (κ1) is 32.3. The summed E-state index contributed by atoms with van der Waals surface area (Å²) >= 11 is 0. The van der Waals surface area contributed by atoms with E-state index in [1.165, 1.54) is 44.6 Å². The summed E-state index contributed by atoms with van der Waals surface area (Å²) in [4.78, 5) is 41.2. The second-order valence-corrected chi connectivity index (χ2v) is 10.4. The Morgan fingerprint density at radius 2 is 1.68 bits per heavy atom. The molecule has 0 spiro atoms. The molecular formula is C29H39F2N3O7. The van der Waals surface area contributed by atoms with Gasteiger partial charge in [-0.3, -0.25) is 9.36 Å². The first-order valence-electron chi connectivity index (χ1n) is 14.2. The van der Waals surface area contributed by atoms with Crippen molar-refractivity contribution in [1.29, 1.82) is 0 Å². The van der Waals surface area contributed by atoms with Crippen LogP contribution in [-0.4, -0.2) is 61.5 Å². The standard InChI is InChI=1S/C29H39F2N3O7/c1-2-3-4-5-6-7-8-9-10-11-13-19-14-12-15-20(26(38)39)23(19)25(37)32-22-16-17-34(28(40)33-22)27-29(30,31)24(36)21(18-35)41-27/h12,14-17,21,24,27,35-36H,2-11,13,18H2,1H3,(H,38,39)(H,32,33,37,40)/t21-,24-,27-/m1/s1. The predicted octanol–water partition coefficient (Wildman–Crippen LogP) is 4.54. The van der Waals surface area contributed by atoms with Crippen LogP contribution in [0.5, 0.6) is 0 Å².